The molecule has 0 saturated carbocycles. The molecule has 156 valence electrons. The maximum atomic E-state index is 12.6. The second kappa shape index (κ2) is 9.30. The Kier molecular flexibility index (Phi) is 6.56. The van der Waals surface area contributed by atoms with Crippen LogP contribution in [0.2, 0.25) is 0 Å². The Bertz CT molecular complexity index is 986. The van der Waals surface area contributed by atoms with Crippen LogP contribution in [0.25, 0.3) is 11.1 Å². The first kappa shape index (κ1) is 21.2. The monoisotopic (exact) mass is 407 g/mol. The number of pyridine rings is 2. The van der Waals surface area contributed by atoms with Crippen LogP contribution in [-0.4, -0.2) is 65.1 Å². The van der Waals surface area contributed by atoms with Gasteiger partial charge in [0.25, 0.3) is 5.91 Å². The van der Waals surface area contributed by atoms with Gasteiger partial charge in [-0.2, -0.15) is 0 Å². The largest absolute Gasteiger partial charge is 0.357 e. The lowest BCUT2D eigenvalue weighted by Gasteiger charge is -2.32. The van der Waals surface area contributed by atoms with Gasteiger partial charge in [-0.1, -0.05) is 6.07 Å². The molecule has 1 aliphatic rings. The summed E-state index contributed by atoms with van der Waals surface area (Å²) in [5.41, 5.74) is 3.39. The average Bonchev–Trinajstić information content (AvgIpc) is 2.73. The first-order chi connectivity index (χ1) is 14.4. The van der Waals surface area contributed by atoms with Crippen LogP contribution in [0.4, 0.5) is 5.82 Å². The second-order valence-corrected chi connectivity index (χ2v) is 7.34. The van der Waals surface area contributed by atoms with Crippen LogP contribution in [0.5, 0.6) is 0 Å². The zero-order valence-corrected chi connectivity index (χ0v) is 17.4. The maximum Gasteiger partial charge on any atom is 0.270 e. The molecule has 0 spiro atoms. The number of aldehydes is 1. The molecule has 0 unspecified atom stereocenters. The molecule has 30 heavy (non-hydrogen) atoms. The molecule has 0 radical (unpaired) electrons. The highest BCUT2D eigenvalue weighted by Crippen LogP contribution is 2.24. The number of aromatic nitrogens is 2. The van der Waals surface area contributed by atoms with E-state index < -0.39 is 0 Å². The summed E-state index contributed by atoms with van der Waals surface area (Å²) in [4.78, 5) is 48.3. The normalized spacial score (nSPS) is 13.8. The standard InChI is InChI=1S/C22H25N5O3/c1-15-18(16-6-4-10-23-12-16)8-9-19(24-15)25-20(29)13-27-11-5-7-17(14-28)21(27)22(30)26(2)3/h4,6,8-10,12,14H,5,7,11,13H2,1-3H3,(H,24,25,29). The van der Waals surface area contributed by atoms with Crippen LogP contribution in [0.1, 0.15) is 18.5 Å². The number of hydrogen-bond donors (Lipinski definition) is 1. The summed E-state index contributed by atoms with van der Waals surface area (Å²) in [5, 5.41) is 2.79. The Balaban J connectivity index is 1.74. The van der Waals surface area contributed by atoms with Crippen LogP contribution in [-0.2, 0) is 14.4 Å². The molecule has 0 atom stereocenters. The van der Waals surface area contributed by atoms with Crippen molar-refractivity contribution in [3.05, 3.63) is 53.6 Å². The number of nitrogens with one attached hydrogen (secondary N) is 1. The number of likely N-dealkylation sites (N-methyl/N-ethyl adjacent to an activating group) is 1. The van der Waals surface area contributed by atoms with Crippen molar-refractivity contribution in [1.82, 2.24) is 19.8 Å². The van der Waals surface area contributed by atoms with E-state index in [2.05, 4.69) is 15.3 Å². The van der Waals surface area contributed by atoms with Crippen molar-refractivity contribution in [2.24, 2.45) is 0 Å². The zero-order valence-electron chi connectivity index (χ0n) is 17.4. The lowest BCUT2D eigenvalue weighted by Crippen LogP contribution is -2.42. The summed E-state index contributed by atoms with van der Waals surface area (Å²) < 4.78 is 0. The van der Waals surface area contributed by atoms with Crippen LogP contribution in [0.3, 0.4) is 0 Å². The topological polar surface area (TPSA) is 95.5 Å². The van der Waals surface area contributed by atoms with E-state index in [0.717, 1.165) is 16.8 Å². The van der Waals surface area contributed by atoms with Crippen LogP contribution >= 0.6 is 0 Å². The number of carbonyl (C=O) groups excluding carboxylic acids is 3. The summed E-state index contributed by atoms with van der Waals surface area (Å²) in [5.74, 6) is -0.145. The molecular formula is C22H25N5O3. The number of amides is 2. The number of allylic oxidation sites excluding steroid dienone is 1. The number of carbonyl (C=O) groups is 3. The van der Waals surface area contributed by atoms with E-state index in [1.807, 2.05) is 25.1 Å². The molecule has 3 rings (SSSR count). The lowest BCUT2D eigenvalue weighted by molar-refractivity contribution is -0.127. The smallest absolute Gasteiger partial charge is 0.270 e. The minimum absolute atomic E-state index is 0.0304. The SMILES string of the molecule is Cc1nc(NC(=O)CN2CCCC(C=O)=C2C(=O)N(C)C)ccc1-c1cccnc1. The third-order valence-electron chi connectivity index (χ3n) is 4.91. The fourth-order valence-electron chi connectivity index (χ4n) is 3.46. The number of rotatable bonds is 6. The van der Waals surface area contributed by atoms with Gasteiger partial charge in [-0.15, -0.1) is 0 Å². The maximum absolute atomic E-state index is 12.6. The van der Waals surface area contributed by atoms with Gasteiger partial charge in [-0.3, -0.25) is 19.4 Å². The van der Waals surface area contributed by atoms with Crippen molar-refractivity contribution in [2.45, 2.75) is 19.8 Å². The van der Waals surface area contributed by atoms with Gasteiger partial charge in [-0.05, 0) is 38.0 Å². The Hall–Kier alpha value is -3.55. The van der Waals surface area contributed by atoms with Crippen LogP contribution in [0.15, 0.2) is 47.9 Å². The van der Waals surface area contributed by atoms with E-state index >= 15 is 0 Å². The fourth-order valence-corrected chi connectivity index (χ4v) is 3.46. The summed E-state index contributed by atoms with van der Waals surface area (Å²) in [6.07, 6.45) is 5.43. The zero-order chi connectivity index (χ0) is 21.7. The predicted molar refractivity (Wildman–Crippen MR) is 113 cm³/mol. The van der Waals surface area contributed by atoms with E-state index in [1.165, 1.54) is 4.90 Å². The lowest BCUT2D eigenvalue weighted by atomic mass is 10.0. The van der Waals surface area contributed by atoms with Gasteiger partial charge < -0.3 is 15.1 Å². The van der Waals surface area contributed by atoms with Gasteiger partial charge in [0.2, 0.25) is 5.91 Å². The molecule has 2 amide bonds. The van der Waals surface area contributed by atoms with Gasteiger partial charge in [0.1, 0.15) is 17.8 Å². The number of hydrogen-bond acceptors (Lipinski definition) is 6. The molecule has 0 saturated heterocycles. The van der Waals surface area contributed by atoms with E-state index in [9.17, 15) is 14.4 Å². The highest BCUT2D eigenvalue weighted by Gasteiger charge is 2.28. The Labute approximate surface area is 175 Å². The van der Waals surface area contributed by atoms with Crippen molar-refractivity contribution in [3.8, 4) is 11.1 Å². The highest BCUT2D eigenvalue weighted by molar-refractivity contribution is 6.00. The van der Waals surface area contributed by atoms with E-state index in [4.69, 9.17) is 0 Å². The number of anilines is 1. The first-order valence-electron chi connectivity index (χ1n) is 9.73. The van der Waals surface area contributed by atoms with Crippen molar-refractivity contribution in [1.29, 1.82) is 0 Å². The predicted octanol–water partition coefficient (Wildman–Crippen LogP) is 2.03. The van der Waals surface area contributed by atoms with Gasteiger partial charge in [0.15, 0.2) is 0 Å². The van der Waals surface area contributed by atoms with Crippen LogP contribution < -0.4 is 5.32 Å². The third-order valence-corrected chi connectivity index (χ3v) is 4.91. The fraction of sp³-hybridized carbons (Fsp3) is 0.318. The third kappa shape index (κ3) is 4.71. The summed E-state index contributed by atoms with van der Waals surface area (Å²) in [6.45, 7) is 2.37. The molecule has 2 aromatic rings. The molecule has 3 heterocycles. The molecule has 0 fully saturated rings. The van der Waals surface area contributed by atoms with Crippen molar-refractivity contribution in [3.63, 3.8) is 0 Å². The molecular weight excluding hydrogens is 382 g/mol. The summed E-state index contributed by atoms with van der Waals surface area (Å²) >= 11 is 0. The summed E-state index contributed by atoms with van der Waals surface area (Å²) in [7, 11) is 3.25. The van der Waals surface area contributed by atoms with Gasteiger partial charge in [0, 0.05) is 55.4 Å². The molecule has 1 aliphatic heterocycles. The quantitative estimate of drug-likeness (QED) is 0.736. The molecule has 1 N–H and O–H groups in total. The molecule has 0 aliphatic carbocycles. The Morgan fingerprint density at radius 3 is 2.70 bits per heavy atom. The van der Waals surface area contributed by atoms with Gasteiger partial charge in [-0.25, -0.2) is 4.98 Å². The van der Waals surface area contributed by atoms with Crippen molar-refractivity contribution >= 4 is 23.9 Å². The Morgan fingerprint density at radius 2 is 2.07 bits per heavy atom. The molecule has 2 aromatic heterocycles. The Morgan fingerprint density at radius 1 is 1.27 bits per heavy atom. The molecule has 8 heteroatoms. The molecule has 0 aromatic carbocycles. The molecule has 0 bridgehead atoms. The van der Waals surface area contributed by atoms with Crippen molar-refractivity contribution in [2.75, 3.05) is 32.5 Å². The van der Waals surface area contributed by atoms with E-state index in [1.54, 1.807) is 37.5 Å². The molecule has 8 nitrogen and oxygen atoms in total. The number of nitrogens with zero attached hydrogens (tertiary/aromatic N) is 4. The number of aryl methyl sites for hydroxylation is 1. The van der Waals surface area contributed by atoms with Crippen LogP contribution in [0, 0.1) is 6.92 Å². The average molecular weight is 407 g/mol. The minimum atomic E-state index is -0.299. The highest BCUT2D eigenvalue weighted by atomic mass is 16.2. The van der Waals surface area contributed by atoms with Gasteiger partial charge >= 0.3 is 0 Å². The summed E-state index contributed by atoms with van der Waals surface area (Å²) in [6, 6.07) is 7.44. The minimum Gasteiger partial charge on any atom is -0.357 e. The van der Waals surface area contributed by atoms with E-state index in [-0.39, 0.29) is 18.4 Å². The van der Waals surface area contributed by atoms with Gasteiger partial charge in [0.05, 0.1) is 6.54 Å². The first-order valence-corrected chi connectivity index (χ1v) is 9.73. The second-order valence-electron chi connectivity index (χ2n) is 7.34. The van der Waals surface area contributed by atoms with E-state index in [0.29, 0.717) is 42.8 Å². The van der Waals surface area contributed by atoms with Crippen molar-refractivity contribution < 1.29 is 14.4 Å².